The van der Waals surface area contributed by atoms with Gasteiger partial charge >= 0.3 is 0 Å². The van der Waals surface area contributed by atoms with Gasteiger partial charge in [-0.3, -0.25) is 14.6 Å². The van der Waals surface area contributed by atoms with E-state index in [2.05, 4.69) is 15.6 Å². The Kier molecular flexibility index (Phi) is 5.49. The third-order valence-electron chi connectivity index (χ3n) is 2.99. The molecule has 2 rings (SSSR count). The summed E-state index contributed by atoms with van der Waals surface area (Å²) in [5, 5.41) is 6.07. The van der Waals surface area contributed by atoms with E-state index >= 15 is 0 Å². The first kappa shape index (κ1) is 16.0. The fourth-order valence-electron chi connectivity index (χ4n) is 1.85. The second-order valence-electron chi connectivity index (χ2n) is 4.72. The van der Waals surface area contributed by atoms with Crippen molar-refractivity contribution in [2.24, 2.45) is 0 Å². The molecule has 0 fully saturated rings. The summed E-state index contributed by atoms with van der Waals surface area (Å²) in [4.78, 5) is 27.2. The van der Waals surface area contributed by atoms with E-state index in [1.54, 1.807) is 24.4 Å². The topological polar surface area (TPSA) is 71.1 Å². The van der Waals surface area contributed by atoms with Crippen molar-refractivity contribution in [1.29, 1.82) is 0 Å². The number of aromatic nitrogens is 1. The molecule has 0 bridgehead atoms. The van der Waals surface area contributed by atoms with Crippen molar-refractivity contribution in [3.8, 4) is 0 Å². The number of carbonyl (C=O) groups excluding carboxylic acids is 2. The number of amides is 2. The Morgan fingerprint density at radius 3 is 2.64 bits per heavy atom. The maximum absolute atomic E-state index is 12.2. The Bertz CT molecular complexity index is 689. The lowest BCUT2D eigenvalue weighted by Gasteiger charge is -2.08. The first-order valence-corrected chi connectivity index (χ1v) is 7.15. The highest BCUT2D eigenvalue weighted by Crippen LogP contribution is 2.14. The van der Waals surface area contributed by atoms with Gasteiger partial charge in [0.2, 0.25) is 5.91 Å². The molecular formula is C16H16ClN3O2. The van der Waals surface area contributed by atoms with Gasteiger partial charge < -0.3 is 10.6 Å². The molecule has 0 aliphatic carbocycles. The first-order valence-electron chi connectivity index (χ1n) is 6.77. The van der Waals surface area contributed by atoms with Gasteiger partial charge in [-0.05, 0) is 23.8 Å². The lowest BCUT2D eigenvalue weighted by atomic mass is 10.2. The van der Waals surface area contributed by atoms with Gasteiger partial charge in [0.1, 0.15) is 0 Å². The molecule has 0 spiro atoms. The van der Waals surface area contributed by atoms with Gasteiger partial charge in [0.15, 0.2) is 0 Å². The molecule has 1 aromatic carbocycles. The largest absolute Gasteiger partial charge is 0.351 e. The van der Waals surface area contributed by atoms with Crippen molar-refractivity contribution in [2.45, 2.75) is 20.0 Å². The van der Waals surface area contributed by atoms with Crippen molar-refractivity contribution < 1.29 is 9.59 Å². The van der Waals surface area contributed by atoms with Crippen LogP contribution in [0.25, 0.3) is 0 Å². The highest BCUT2D eigenvalue weighted by atomic mass is 35.5. The van der Waals surface area contributed by atoms with E-state index in [0.29, 0.717) is 29.4 Å². The molecule has 114 valence electrons. The van der Waals surface area contributed by atoms with Crippen LogP contribution in [-0.2, 0) is 17.9 Å². The SMILES string of the molecule is CC(=O)NCc1cc(C(=O)NCc2ccccc2Cl)ccn1. The molecule has 0 saturated carbocycles. The van der Waals surface area contributed by atoms with Crippen molar-refractivity contribution in [2.75, 3.05) is 0 Å². The Balaban J connectivity index is 1.99. The van der Waals surface area contributed by atoms with Crippen molar-refractivity contribution in [1.82, 2.24) is 15.6 Å². The average Bonchev–Trinajstić information content (AvgIpc) is 2.52. The van der Waals surface area contributed by atoms with Crippen LogP contribution in [0.2, 0.25) is 5.02 Å². The molecule has 0 saturated heterocycles. The number of rotatable bonds is 5. The van der Waals surface area contributed by atoms with Gasteiger partial charge in [0.25, 0.3) is 5.91 Å². The summed E-state index contributed by atoms with van der Waals surface area (Å²) >= 11 is 6.05. The summed E-state index contributed by atoms with van der Waals surface area (Å²) in [6, 6.07) is 10.6. The normalized spacial score (nSPS) is 10.1. The summed E-state index contributed by atoms with van der Waals surface area (Å²) in [6.07, 6.45) is 1.54. The van der Waals surface area contributed by atoms with Crippen LogP contribution in [0.5, 0.6) is 0 Å². The molecule has 5 nitrogen and oxygen atoms in total. The Labute approximate surface area is 133 Å². The quantitative estimate of drug-likeness (QED) is 0.889. The minimum atomic E-state index is -0.216. The Morgan fingerprint density at radius 1 is 1.14 bits per heavy atom. The number of pyridine rings is 1. The first-order chi connectivity index (χ1) is 10.6. The number of hydrogen-bond acceptors (Lipinski definition) is 3. The van der Waals surface area contributed by atoms with Gasteiger partial charge in [-0.1, -0.05) is 29.8 Å². The number of carbonyl (C=O) groups is 2. The lowest BCUT2D eigenvalue weighted by Crippen LogP contribution is -2.24. The third-order valence-corrected chi connectivity index (χ3v) is 3.36. The highest BCUT2D eigenvalue weighted by molar-refractivity contribution is 6.31. The van der Waals surface area contributed by atoms with E-state index in [1.807, 2.05) is 18.2 Å². The number of nitrogens with one attached hydrogen (secondary N) is 2. The van der Waals surface area contributed by atoms with E-state index in [4.69, 9.17) is 11.6 Å². The molecule has 1 heterocycles. The van der Waals surface area contributed by atoms with Crippen LogP contribution in [0, 0.1) is 0 Å². The fraction of sp³-hybridized carbons (Fsp3) is 0.188. The van der Waals surface area contributed by atoms with Crippen molar-refractivity contribution in [3.05, 3.63) is 64.4 Å². The summed E-state index contributed by atoms with van der Waals surface area (Å²) < 4.78 is 0. The van der Waals surface area contributed by atoms with E-state index in [9.17, 15) is 9.59 Å². The molecule has 22 heavy (non-hydrogen) atoms. The summed E-state index contributed by atoms with van der Waals surface area (Å²) in [6.45, 7) is 2.07. The molecule has 6 heteroatoms. The number of halogens is 1. The Morgan fingerprint density at radius 2 is 1.91 bits per heavy atom. The van der Waals surface area contributed by atoms with Crippen LogP contribution in [0.1, 0.15) is 28.5 Å². The van der Waals surface area contributed by atoms with Gasteiger partial charge in [0, 0.05) is 30.3 Å². The highest BCUT2D eigenvalue weighted by Gasteiger charge is 2.08. The predicted octanol–water partition coefficient (Wildman–Crippen LogP) is 2.30. The second kappa shape index (κ2) is 7.56. The third kappa shape index (κ3) is 4.56. The van der Waals surface area contributed by atoms with Crippen LogP contribution >= 0.6 is 11.6 Å². The predicted molar refractivity (Wildman–Crippen MR) is 84.4 cm³/mol. The number of nitrogens with zero attached hydrogens (tertiary/aromatic N) is 1. The molecular weight excluding hydrogens is 302 g/mol. The second-order valence-corrected chi connectivity index (χ2v) is 5.13. The van der Waals surface area contributed by atoms with E-state index in [0.717, 1.165) is 5.56 Å². The number of hydrogen-bond donors (Lipinski definition) is 2. The molecule has 1 aromatic heterocycles. The minimum absolute atomic E-state index is 0.143. The maximum atomic E-state index is 12.2. The van der Waals surface area contributed by atoms with Gasteiger partial charge in [0.05, 0.1) is 12.2 Å². The molecule has 2 aromatic rings. The van der Waals surface area contributed by atoms with Crippen molar-refractivity contribution >= 4 is 23.4 Å². The van der Waals surface area contributed by atoms with Crippen LogP contribution < -0.4 is 10.6 Å². The Hall–Kier alpha value is -2.40. The smallest absolute Gasteiger partial charge is 0.251 e. The zero-order valence-corrected chi connectivity index (χ0v) is 12.9. The van der Waals surface area contributed by atoms with E-state index < -0.39 is 0 Å². The molecule has 0 unspecified atom stereocenters. The molecule has 0 aliphatic rings. The average molecular weight is 318 g/mol. The fourth-order valence-corrected chi connectivity index (χ4v) is 2.05. The van der Waals surface area contributed by atoms with Gasteiger partial charge in [-0.25, -0.2) is 0 Å². The van der Waals surface area contributed by atoms with Gasteiger partial charge in [-0.15, -0.1) is 0 Å². The lowest BCUT2D eigenvalue weighted by molar-refractivity contribution is -0.119. The summed E-state index contributed by atoms with van der Waals surface area (Å²) in [5.74, 6) is -0.359. The standard InChI is InChI=1S/C16H16ClN3O2/c1-11(21)19-10-14-8-12(6-7-18-14)16(22)20-9-13-4-2-3-5-15(13)17/h2-8H,9-10H2,1H3,(H,19,21)(H,20,22). The summed E-state index contributed by atoms with van der Waals surface area (Å²) in [5.41, 5.74) is 1.97. The molecule has 2 amide bonds. The molecule has 0 aliphatic heterocycles. The van der Waals surface area contributed by atoms with Crippen LogP contribution in [-0.4, -0.2) is 16.8 Å². The molecule has 0 atom stereocenters. The van der Waals surface area contributed by atoms with Crippen LogP contribution in [0.3, 0.4) is 0 Å². The van der Waals surface area contributed by atoms with E-state index in [-0.39, 0.29) is 11.8 Å². The maximum Gasteiger partial charge on any atom is 0.251 e. The van der Waals surface area contributed by atoms with E-state index in [1.165, 1.54) is 6.92 Å². The zero-order chi connectivity index (χ0) is 15.9. The zero-order valence-electron chi connectivity index (χ0n) is 12.1. The molecule has 0 radical (unpaired) electrons. The molecule has 2 N–H and O–H groups in total. The monoisotopic (exact) mass is 317 g/mol. The minimum Gasteiger partial charge on any atom is -0.351 e. The van der Waals surface area contributed by atoms with Crippen molar-refractivity contribution in [3.63, 3.8) is 0 Å². The van der Waals surface area contributed by atoms with Crippen LogP contribution in [0.15, 0.2) is 42.6 Å². The van der Waals surface area contributed by atoms with Crippen LogP contribution in [0.4, 0.5) is 0 Å². The number of benzene rings is 1. The van der Waals surface area contributed by atoms with Gasteiger partial charge in [-0.2, -0.15) is 0 Å². The summed E-state index contributed by atoms with van der Waals surface area (Å²) in [7, 11) is 0.